The Morgan fingerprint density at radius 3 is 2.57 bits per heavy atom. The van der Waals surface area contributed by atoms with Gasteiger partial charge in [-0.3, -0.25) is 9.59 Å². The van der Waals surface area contributed by atoms with Crippen LogP contribution in [0.2, 0.25) is 0 Å². The van der Waals surface area contributed by atoms with Crippen LogP contribution in [-0.4, -0.2) is 49.1 Å². The molecule has 4 rings (SSSR count). The first-order valence-electron chi connectivity index (χ1n) is 10.5. The molecule has 30 heavy (non-hydrogen) atoms. The van der Waals surface area contributed by atoms with Crippen molar-refractivity contribution in [2.24, 2.45) is 0 Å². The Morgan fingerprint density at radius 1 is 1.10 bits per heavy atom. The molecule has 2 aromatic carbocycles. The van der Waals surface area contributed by atoms with E-state index in [1.807, 2.05) is 42.2 Å². The number of nitrogens with zero attached hydrogens (tertiary/aromatic N) is 1. The van der Waals surface area contributed by atoms with Gasteiger partial charge in [-0.05, 0) is 69.0 Å². The highest BCUT2D eigenvalue weighted by atomic mass is 16.5. The van der Waals surface area contributed by atoms with Crippen molar-refractivity contribution >= 4 is 11.8 Å². The number of nitrogens with one attached hydrogen (secondary N) is 1. The van der Waals surface area contributed by atoms with Crippen LogP contribution in [0.3, 0.4) is 0 Å². The highest BCUT2D eigenvalue weighted by Crippen LogP contribution is 2.26. The second kappa shape index (κ2) is 8.78. The van der Waals surface area contributed by atoms with Gasteiger partial charge in [0.1, 0.15) is 18.1 Å². The molecule has 2 fully saturated rings. The lowest BCUT2D eigenvalue weighted by Crippen LogP contribution is -2.39. The van der Waals surface area contributed by atoms with E-state index < -0.39 is 0 Å². The van der Waals surface area contributed by atoms with Crippen LogP contribution in [0.4, 0.5) is 0 Å². The van der Waals surface area contributed by atoms with Crippen LogP contribution in [0.15, 0.2) is 42.5 Å². The molecule has 2 aliphatic rings. The molecular formula is C24H28N2O4. The van der Waals surface area contributed by atoms with E-state index in [0.29, 0.717) is 29.5 Å². The Hall–Kier alpha value is -3.02. The number of ether oxygens (including phenoxy) is 2. The zero-order valence-corrected chi connectivity index (χ0v) is 17.5. The number of amides is 2. The molecule has 1 N–H and O–H groups in total. The molecule has 158 valence electrons. The number of methoxy groups -OCH3 is 1. The van der Waals surface area contributed by atoms with Gasteiger partial charge in [-0.15, -0.1) is 0 Å². The second-order valence-electron chi connectivity index (χ2n) is 8.01. The predicted molar refractivity (Wildman–Crippen MR) is 114 cm³/mol. The van der Waals surface area contributed by atoms with Gasteiger partial charge in [0.2, 0.25) is 0 Å². The Bertz CT molecular complexity index is 921. The summed E-state index contributed by atoms with van der Waals surface area (Å²) >= 11 is 0. The molecule has 1 heterocycles. The van der Waals surface area contributed by atoms with Crippen molar-refractivity contribution in [3.05, 3.63) is 59.2 Å². The molecule has 1 unspecified atom stereocenters. The molecule has 2 aromatic rings. The van der Waals surface area contributed by atoms with Crippen LogP contribution in [-0.2, 0) is 0 Å². The first-order valence-corrected chi connectivity index (χ1v) is 10.5. The molecule has 0 bridgehead atoms. The number of carbonyl (C=O) groups is 2. The highest BCUT2D eigenvalue weighted by molar-refractivity contribution is 5.96. The monoisotopic (exact) mass is 408 g/mol. The number of benzene rings is 2. The van der Waals surface area contributed by atoms with Gasteiger partial charge < -0.3 is 19.7 Å². The molecule has 1 aliphatic heterocycles. The third-order valence-corrected chi connectivity index (χ3v) is 5.84. The van der Waals surface area contributed by atoms with E-state index in [1.165, 1.54) is 0 Å². The fourth-order valence-electron chi connectivity index (χ4n) is 3.89. The number of carbonyl (C=O) groups excluding carboxylic acids is 2. The summed E-state index contributed by atoms with van der Waals surface area (Å²) in [4.78, 5) is 27.1. The summed E-state index contributed by atoms with van der Waals surface area (Å²) in [6, 6.07) is 13.1. The van der Waals surface area contributed by atoms with E-state index in [1.54, 1.807) is 19.2 Å². The Labute approximate surface area is 177 Å². The van der Waals surface area contributed by atoms with Gasteiger partial charge in [0.25, 0.3) is 11.8 Å². The Morgan fingerprint density at radius 2 is 1.87 bits per heavy atom. The maximum Gasteiger partial charge on any atom is 0.254 e. The van der Waals surface area contributed by atoms with Gasteiger partial charge in [0, 0.05) is 29.3 Å². The van der Waals surface area contributed by atoms with Crippen molar-refractivity contribution in [2.45, 2.75) is 44.7 Å². The average molecular weight is 408 g/mol. The topological polar surface area (TPSA) is 67.9 Å². The first-order chi connectivity index (χ1) is 14.6. The minimum atomic E-state index is -0.0368. The van der Waals surface area contributed by atoms with Gasteiger partial charge in [0.15, 0.2) is 0 Å². The number of hydrogen-bond donors (Lipinski definition) is 1. The van der Waals surface area contributed by atoms with E-state index in [-0.39, 0.29) is 17.9 Å². The zero-order valence-electron chi connectivity index (χ0n) is 17.5. The minimum Gasteiger partial charge on any atom is -0.496 e. The molecule has 0 aromatic heterocycles. The van der Waals surface area contributed by atoms with E-state index in [0.717, 1.165) is 43.5 Å². The maximum atomic E-state index is 13.1. The lowest BCUT2D eigenvalue weighted by molar-refractivity contribution is 0.0690. The van der Waals surface area contributed by atoms with E-state index in [9.17, 15) is 9.59 Å². The Balaban J connectivity index is 1.37. The molecule has 0 radical (unpaired) electrons. The predicted octanol–water partition coefficient (Wildman–Crippen LogP) is 3.58. The summed E-state index contributed by atoms with van der Waals surface area (Å²) in [5.74, 6) is 1.41. The Kier molecular flexibility index (Phi) is 5.93. The van der Waals surface area contributed by atoms with E-state index in [2.05, 4.69) is 5.32 Å². The van der Waals surface area contributed by atoms with Gasteiger partial charge in [-0.1, -0.05) is 6.07 Å². The molecule has 1 atom stereocenters. The molecule has 1 saturated carbocycles. The SMILES string of the molecule is COc1cccc(C(=O)N2CCCC2COc2ccc(C(=O)NC3CC3)cc2)c1C. The molecule has 2 amide bonds. The van der Waals surface area contributed by atoms with Gasteiger partial charge in [-0.2, -0.15) is 0 Å². The lowest BCUT2D eigenvalue weighted by atomic mass is 10.1. The normalized spacial score (nSPS) is 18.2. The van der Waals surface area contributed by atoms with Crippen molar-refractivity contribution in [3.63, 3.8) is 0 Å². The quantitative estimate of drug-likeness (QED) is 0.760. The average Bonchev–Trinajstić information content (AvgIpc) is 3.45. The van der Waals surface area contributed by atoms with Crippen molar-refractivity contribution in [3.8, 4) is 11.5 Å². The molecular weight excluding hydrogens is 380 g/mol. The smallest absolute Gasteiger partial charge is 0.254 e. The third-order valence-electron chi connectivity index (χ3n) is 5.84. The summed E-state index contributed by atoms with van der Waals surface area (Å²) in [6.45, 7) is 3.07. The van der Waals surface area contributed by atoms with Crippen molar-refractivity contribution < 1.29 is 19.1 Å². The first kappa shape index (κ1) is 20.3. The third kappa shape index (κ3) is 4.42. The van der Waals surface area contributed by atoms with Gasteiger partial charge in [-0.25, -0.2) is 0 Å². The maximum absolute atomic E-state index is 13.1. The van der Waals surface area contributed by atoms with Crippen LogP contribution in [0.25, 0.3) is 0 Å². The largest absolute Gasteiger partial charge is 0.496 e. The van der Waals surface area contributed by atoms with Crippen LogP contribution in [0.5, 0.6) is 11.5 Å². The summed E-state index contributed by atoms with van der Waals surface area (Å²) in [5, 5.41) is 2.98. The highest BCUT2D eigenvalue weighted by Gasteiger charge is 2.31. The number of hydrogen-bond acceptors (Lipinski definition) is 4. The summed E-state index contributed by atoms with van der Waals surface area (Å²) in [7, 11) is 1.62. The van der Waals surface area contributed by atoms with Crippen molar-refractivity contribution in [2.75, 3.05) is 20.3 Å². The molecule has 6 nitrogen and oxygen atoms in total. The van der Waals surface area contributed by atoms with Crippen molar-refractivity contribution in [1.29, 1.82) is 0 Å². The molecule has 6 heteroatoms. The summed E-state index contributed by atoms with van der Waals surface area (Å²) in [5.41, 5.74) is 2.17. The van der Waals surface area contributed by atoms with Gasteiger partial charge in [0.05, 0.1) is 13.2 Å². The second-order valence-corrected chi connectivity index (χ2v) is 8.01. The molecule has 0 spiro atoms. The van der Waals surface area contributed by atoms with Crippen LogP contribution < -0.4 is 14.8 Å². The van der Waals surface area contributed by atoms with Gasteiger partial charge >= 0.3 is 0 Å². The van der Waals surface area contributed by atoms with Crippen LogP contribution in [0, 0.1) is 6.92 Å². The van der Waals surface area contributed by atoms with E-state index >= 15 is 0 Å². The number of likely N-dealkylation sites (tertiary alicyclic amines) is 1. The summed E-state index contributed by atoms with van der Waals surface area (Å²) < 4.78 is 11.3. The fraction of sp³-hybridized carbons (Fsp3) is 0.417. The number of rotatable bonds is 7. The zero-order chi connectivity index (χ0) is 21.1. The van der Waals surface area contributed by atoms with E-state index in [4.69, 9.17) is 9.47 Å². The molecule has 1 aliphatic carbocycles. The fourth-order valence-corrected chi connectivity index (χ4v) is 3.89. The van der Waals surface area contributed by atoms with Crippen LogP contribution >= 0.6 is 0 Å². The lowest BCUT2D eigenvalue weighted by Gasteiger charge is -2.26. The minimum absolute atomic E-state index is 0.0181. The summed E-state index contributed by atoms with van der Waals surface area (Å²) in [6.07, 6.45) is 4.01. The van der Waals surface area contributed by atoms with Crippen LogP contribution in [0.1, 0.15) is 52.0 Å². The standard InChI is InChI=1S/C24H28N2O4/c1-16-21(6-3-7-22(16)29-2)24(28)26-14-4-5-19(26)15-30-20-12-8-17(9-13-20)23(27)25-18-10-11-18/h3,6-9,12-13,18-19H,4-5,10-11,14-15H2,1-2H3,(H,25,27). The van der Waals surface area contributed by atoms with Crippen molar-refractivity contribution in [1.82, 2.24) is 10.2 Å². The molecule has 1 saturated heterocycles.